The summed E-state index contributed by atoms with van der Waals surface area (Å²) in [5.41, 5.74) is 3.93. The molecule has 0 amide bonds. The number of sulfonamides is 1. The van der Waals surface area contributed by atoms with Crippen molar-refractivity contribution in [3.63, 3.8) is 0 Å². The van der Waals surface area contributed by atoms with Gasteiger partial charge < -0.3 is 0 Å². The standard InChI is InChI=1S/C16H12N4O2S2.C2H6/c17-24(21,22)16-19-20-10-14(18-15(20)23-16)13-8-6-12(7-9-13)11-4-2-1-3-5-11;1-2/h1-10H,(H2,17,21,22);1-2H3. The van der Waals surface area contributed by atoms with Crippen molar-refractivity contribution in [3.05, 3.63) is 60.8 Å². The van der Waals surface area contributed by atoms with E-state index in [0.717, 1.165) is 33.7 Å². The predicted octanol–water partition coefficient (Wildman–Crippen LogP) is 3.80. The quantitative estimate of drug-likeness (QED) is 0.580. The van der Waals surface area contributed by atoms with Crippen molar-refractivity contribution in [1.29, 1.82) is 0 Å². The zero-order valence-corrected chi connectivity index (χ0v) is 16.0. The SMILES string of the molecule is CC.NS(=O)(=O)c1nn2cc(-c3ccc(-c4ccccc4)cc3)nc2s1. The van der Waals surface area contributed by atoms with Crippen molar-refractivity contribution in [3.8, 4) is 22.4 Å². The van der Waals surface area contributed by atoms with Gasteiger partial charge in [-0.05, 0) is 11.1 Å². The largest absolute Gasteiger partial charge is 0.267 e. The summed E-state index contributed by atoms with van der Waals surface area (Å²) < 4.78 is 23.9. The molecule has 2 heterocycles. The molecule has 0 saturated carbocycles. The molecule has 0 fully saturated rings. The number of benzene rings is 2. The summed E-state index contributed by atoms with van der Waals surface area (Å²) in [7, 11) is -3.80. The van der Waals surface area contributed by atoms with Crippen molar-refractivity contribution in [2.24, 2.45) is 5.14 Å². The Hall–Kier alpha value is -2.55. The van der Waals surface area contributed by atoms with Gasteiger partial charge in [-0.2, -0.15) is 0 Å². The minimum Gasteiger partial charge on any atom is -0.223 e. The second-order valence-electron chi connectivity index (χ2n) is 5.21. The first-order chi connectivity index (χ1) is 12.5. The zero-order valence-electron chi connectivity index (χ0n) is 14.3. The Bertz CT molecular complexity index is 1080. The fourth-order valence-corrected chi connectivity index (χ4v) is 3.91. The molecule has 0 saturated heterocycles. The number of nitrogens with two attached hydrogens (primary N) is 1. The van der Waals surface area contributed by atoms with E-state index in [1.165, 1.54) is 4.52 Å². The summed E-state index contributed by atoms with van der Waals surface area (Å²) in [5.74, 6) is 0. The highest BCUT2D eigenvalue weighted by molar-refractivity contribution is 7.91. The Morgan fingerprint density at radius 3 is 2.08 bits per heavy atom. The van der Waals surface area contributed by atoms with Gasteiger partial charge >= 0.3 is 0 Å². The molecule has 6 nitrogen and oxygen atoms in total. The molecule has 8 heteroatoms. The van der Waals surface area contributed by atoms with Crippen LogP contribution in [0.25, 0.3) is 27.3 Å². The number of hydrogen-bond acceptors (Lipinski definition) is 5. The normalized spacial score (nSPS) is 11.2. The third-order valence-corrected chi connectivity index (χ3v) is 5.79. The van der Waals surface area contributed by atoms with E-state index in [4.69, 9.17) is 5.14 Å². The molecule has 0 atom stereocenters. The van der Waals surface area contributed by atoms with Crippen LogP contribution >= 0.6 is 11.3 Å². The molecule has 26 heavy (non-hydrogen) atoms. The van der Waals surface area contributed by atoms with Crippen molar-refractivity contribution >= 4 is 26.3 Å². The van der Waals surface area contributed by atoms with E-state index in [1.807, 2.05) is 56.3 Å². The lowest BCUT2D eigenvalue weighted by Gasteiger charge is -2.02. The van der Waals surface area contributed by atoms with Gasteiger partial charge in [-0.3, -0.25) is 0 Å². The minimum absolute atomic E-state index is 0.143. The van der Waals surface area contributed by atoms with Crippen LogP contribution in [0.3, 0.4) is 0 Å². The highest BCUT2D eigenvalue weighted by Gasteiger charge is 2.17. The maximum absolute atomic E-state index is 11.3. The summed E-state index contributed by atoms with van der Waals surface area (Å²) in [5, 5.41) is 9.03. The maximum atomic E-state index is 11.3. The van der Waals surface area contributed by atoms with Crippen LogP contribution in [0, 0.1) is 0 Å². The highest BCUT2D eigenvalue weighted by Crippen LogP contribution is 2.26. The number of hydrogen-bond donors (Lipinski definition) is 1. The number of rotatable bonds is 3. The zero-order chi connectivity index (χ0) is 18.7. The number of fused-ring (bicyclic) bond motifs is 1. The lowest BCUT2D eigenvalue weighted by molar-refractivity contribution is 0.595. The summed E-state index contributed by atoms with van der Waals surface area (Å²) in [6.45, 7) is 4.00. The average Bonchev–Trinajstić information content (AvgIpc) is 3.23. The molecule has 2 N–H and O–H groups in total. The smallest absolute Gasteiger partial charge is 0.223 e. The Morgan fingerprint density at radius 1 is 0.923 bits per heavy atom. The molecule has 4 rings (SSSR count). The van der Waals surface area contributed by atoms with E-state index in [-0.39, 0.29) is 4.34 Å². The van der Waals surface area contributed by atoms with Crippen molar-refractivity contribution in [2.45, 2.75) is 18.2 Å². The van der Waals surface area contributed by atoms with Crippen LogP contribution in [0.4, 0.5) is 0 Å². The van der Waals surface area contributed by atoms with Crippen LogP contribution in [-0.2, 0) is 10.0 Å². The van der Waals surface area contributed by atoms with Gasteiger partial charge in [0.15, 0.2) is 0 Å². The number of aromatic nitrogens is 3. The van der Waals surface area contributed by atoms with Gasteiger partial charge in [0, 0.05) is 5.56 Å². The van der Waals surface area contributed by atoms with E-state index in [1.54, 1.807) is 6.20 Å². The summed E-state index contributed by atoms with van der Waals surface area (Å²) in [4.78, 5) is 4.91. The molecule has 2 aromatic carbocycles. The van der Waals surface area contributed by atoms with Gasteiger partial charge in [-0.1, -0.05) is 79.8 Å². The second kappa shape index (κ2) is 7.36. The van der Waals surface area contributed by atoms with Crippen LogP contribution in [0.15, 0.2) is 65.1 Å². The molecule has 0 bridgehead atoms. The topological polar surface area (TPSA) is 90.4 Å². The molecule has 134 valence electrons. The maximum Gasteiger partial charge on any atom is 0.267 e. The first-order valence-corrected chi connectivity index (χ1v) is 10.4. The first kappa shape index (κ1) is 18.2. The third-order valence-electron chi connectivity index (χ3n) is 3.56. The molecule has 0 radical (unpaired) electrons. The van der Waals surface area contributed by atoms with Crippen molar-refractivity contribution in [2.75, 3.05) is 0 Å². The van der Waals surface area contributed by atoms with E-state index in [2.05, 4.69) is 22.2 Å². The van der Waals surface area contributed by atoms with Gasteiger partial charge in [-0.25, -0.2) is 23.1 Å². The van der Waals surface area contributed by atoms with Crippen LogP contribution in [0.5, 0.6) is 0 Å². The highest BCUT2D eigenvalue weighted by atomic mass is 32.2. The van der Waals surface area contributed by atoms with Crippen LogP contribution in [0.2, 0.25) is 0 Å². The Balaban J connectivity index is 0.000000948. The molecule has 0 spiro atoms. The Kier molecular flexibility index (Phi) is 5.17. The molecule has 0 aliphatic heterocycles. The fourth-order valence-electron chi connectivity index (χ4n) is 2.40. The van der Waals surface area contributed by atoms with Gasteiger partial charge in [0.1, 0.15) is 0 Å². The van der Waals surface area contributed by atoms with Crippen molar-refractivity contribution < 1.29 is 8.42 Å². The van der Waals surface area contributed by atoms with Crippen LogP contribution in [0.1, 0.15) is 13.8 Å². The van der Waals surface area contributed by atoms with Gasteiger partial charge in [-0.15, -0.1) is 5.10 Å². The van der Waals surface area contributed by atoms with Gasteiger partial charge in [0.25, 0.3) is 10.0 Å². The van der Waals surface area contributed by atoms with E-state index in [0.29, 0.717) is 4.96 Å². The molecule has 0 aliphatic rings. The van der Waals surface area contributed by atoms with Crippen LogP contribution in [-0.4, -0.2) is 23.0 Å². The van der Waals surface area contributed by atoms with Gasteiger partial charge in [0.2, 0.25) is 9.30 Å². The lowest BCUT2D eigenvalue weighted by Crippen LogP contribution is -2.12. The van der Waals surface area contributed by atoms with E-state index in [9.17, 15) is 8.42 Å². The molecule has 2 aromatic heterocycles. The minimum atomic E-state index is -3.80. The molecule has 4 aromatic rings. The number of primary sulfonamides is 1. The molecular weight excluding hydrogens is 368 g/mol. The Labute approximate surface area is 156 Å². The molecular formula is C18H18N4O2S2. The van der Waals surface area contributed by atoms with E-state index >= 15 is 0 Å². The molecule has 0 unspecified atom stereocenters. The number of imidazole rings is 1. The summed E-state index contributed by atoms with van der Waals surface area (Å²) in [6.07, 6.45) is 1.69. The average molecular weight is 387 g/mol. The Morgan fingerprint density at radius 2 is 1.50 bits per heavy atom. The predicted molar refractivity (Wildman–Crippen MR) is 104 cm³/mol. The summed E-state index contributed by atoms with van der Waals surface area (Å²) >= 11 is 0.948. The van der Waals surface area contributed by atoms with Crippen LogP contribution < -0.4 is 5.14 Å². The number of nitrogens with zero attached hydrogens (tertiary/aromatic N) is 3. The second-order valence-corrected chi connectivity index (χ2v) is 7.90. The fraction of sp³-hybridized carbons (Fsp3) is 0.111. The summed E-state index contributed by atoms with van der Waals surface area (Å²) in [6, 6.07) is 18.1. The monoisotopic (exact) mass is 386 g/mol. The first-order valence-electron chi connectivity index (χ1n) is 8.05. The lowest BCUT2D eigenvalue weighted by atomic mass is 10.0. The van der Waals surface area contributed by atoms with E-state index < -0.39 is 10.0 Å². The third kappa shape index (κ3) is 3.67. The van der Waals surface area contributed by atoms with Crippen molar-refractivity contribution in [1.82, 2.24) is 14.6 Å². The van der Waals surface area contributed by atoms with Gasteiger partial charge in [0.05, 0.1) is 11.9 Å². The molecule has 0 aliphatic carbocycles.